The zero-order valence-corrected chi connectivity index (χ0v) is 15.8. The Morgan fingerprint density at radius 2 is 1.90 bits per heavy atom. The van der Waals surface area contributed by atoms with Crippen molar-refractivity contribution in [1.29, 1.82) is 0 Å². The van der Waals surface area contributed by atoms with Crippen LogP contribution in [-0.2, 0) is 0 Å². The topological polar surface area (TPSA) is 91.2 Å². The number of nitrogens with zero attached hydrogens (tertiary/aromatic N) is 4. The van der Waals surface area contributed by atoms with E-state index in [-0.39, 0.29) is 11.3 Å². The number of methoxy groups -OCH3 is 1. The lowest BCUT2D eigenvalue weighted by atomic mass is 10.2. The summed E-state index contributed by atoms with van der Waals surface area (Å²) in [6.07, 6.45) is 3.41. The molecule has 0 saturated heterocycles. The van der Waals surface area contributed by atoms with Crippen molar-refractivity contribution < 1.29 is 18.7 Å². The molecule has 0 aliphatic carbocycles. The van der Waals surface area contributed by atoms with Crippen molar-refractivity contribution in [3.8, 4) is 23.2 Å². The third-order valence-electron chi connectivity index (χ3n) is 4.11. The summed E-state index contributed by atoms with van der Waals surface area (Å²) in [4.78, 5) is 12.3. The molecule has 2 aromatic carbocycles. The Labute approximate surface area is 170 Å². The molecule has 30 heavy (non-hydrogen) atoms. The van der Waals surface area contributed by atoms with Crippen LogP contribution in [0.25, 0.3) is 5.82 Å². The van der Waals surface area contributed by atoms with E-state index >= 15 is 0 Å². The standard InChI is InChI=1S/C21H16FN5O3/c1-29-18-8-3-14(13-17(18)22)21(28)24-15-4-6-16(7-5-15)30-20-10-9-19(25-26-20)27-12-2-11-23-27/h2-13H,1H3,(H,24,28). The summed E-state index contributed by atoms with van der Waals surface area (Å²) in [5.74, 6) is 0.439. The van der Waals surface area contributed by atoms with Gasteiger partial charge in [0.15, 0.2) is 17.4 Å². The number of carbonyl (C=O) groups is 1. The van der Waals surface area contributed by atoms with E-state index in [0.717, 1.165) is 6.07 Å². The predicted octanol–water partition coefficient (Wildman–Crippen LogP) is 3.85. The molecule has 4 aromatic rings. The van der Waals surface area contributed by atoms with Gasteiger partial charge < -0.3 is 14.8 Å². The number of halogens is 1. The Morgan fingerprint density at radius 3 is 2.53 bits per heavy atom. The van der Waals surface area contributed by atoms with Crippen molar-refractivity contribution in [1.82, 2.24) is 20.0 Å². The molecular formula is C21H16FN5O3. The van der Waals surface area contributed by atoms with Gasteiger partial charge in [0.25, 0.3) is 5.91 Å². The van der Waals surface area contributed by atoms with Crippen LogP contribution in [0, 0.1) is 5.82 Å². The molecule has 2 aromatic heterocycles. The van der Waals surface area contributed by atoms with Crippen molar-refractivity contribution in [2.24, 2.45) is 0 Å². The van der Waals surface area contributed by atoms with E-state index in [0.29, 0.717) is 23.1 Å². The molecule has 0 aliphatic rings. The fraction of sp³-hybridized carbons (Fsp3) is 0.0476. The third-order valence-corrected chi connectivity index (χ3v) is 4.11. The molecule has 0 spiro atoms. The number of carbonyl (C=O) groups excluding carboxylic acids is 1. The zero-order valence-electron chi connectivity index (χ0n) is 15.8. The number of benzene rings is 2. The maximum absolute atomic E-state index is 13.8. The first-order valence-electron chi connectivity index (χ1n) is 8.89. The summed E-state index contributed by atoms with van der Waals surface area (Å²) in [7, 11) is 1.36. The van der Waals surface area contributed by atoms with Gasteiger partial charge in [0.05, 0.1) is 7.11 Å². The summed E-state index contributed by atoms with van der Waals surface area (Å²) in [6, 6.07) is 15.9. The first-order chi connectivity index (χ1) is 14.6. The molecule has 4 rings (SSSR count). The summed E-state index contributed by atoms with van der Waals surface area (Å²) < 4.78 is 25.9. The molecule has 150 valence electrons. The second kappa shape index (κ2) is 8.39. The number of anilines is 1. The quantitative estimate of drug-likeness (QED) is 0.524. The number of aromatic nitrogens is 4. The minimum atomic E-state index is -0.603. The molecule has 8 nitrogen and oxygen atoms in total. The Kier molecular flexibility index (Phi) is 5.33. The van der Waals surface area contributed by atoms with E-state index < -0.39 is 11.7 Å². The van der Waals surface area contributed by atoms with Crippen LogP contribution in [0.15, 0.2) is 73.1 Å². The molecule has 0 bridgehead atoms. The van der Waals surface area contributed by atoms with Crippen molar-refractivity contribution in [2.75, 3.05) is 12.4 Å². The van der Waals surface area contributed by atoms with Crippen molar-refractivity contribution >= 4 is 11.6 Å². The highest BCUT2D eigenvalue weighted by Crippen LogP contribution is 2.23. The summed E-state index contributed by atoms with van der Waals surface area (Å²) >= 11 is 0. The van der Waals surface area contributed by atoms with Crippen LogP contribution in [-0.4, -0.2) is 33.0 Å². The van der Waals surface area contributed by atoms with Crippen LogP contribution < -0.4 is 14.8 Å². The van der Waals surface area contributed by atoms with Gasteiger partial charge in [-0.2, -0.15) is 5.10 Å². The van der Waals surface area contributed by atoms with E-state index in [2.05, 4.69) is 20.6 Å². The molecule has 0 saturated carbocycles. The van der Waals surface area contributed by atoms with Crippen LogP contribution in [0.3, 0.4) is 0 Å². The smallest absolute Gasteiger partial charge is 0.255 e. The lowest BCUT2D eigenvalue weighted by Crippen LogP contribution is -2.12. The van der Waals surface area contributed by atoms with E-state index in [1.54, 1.807) is 59.5 Å². The zero-order chi connectivity index (χ0) is 20.9. The van der Waals surface area contributed by atoms with Gasteiger partial charge in [-0.3, -0.25) is 4.79 Å². The van der Waals surface area contributed by atoms with E-state index in [4.69, 9.17) is 9.47 Å². The molecule has 0 fully saturated rings. The first kappa shape index (κ1) is 19.1. The van der Waals surface area contributed by atoms with Gasteiger partial charge in [0.2, 0.25) is 5.88 Å². The first-order valence-corrected chi connectivity index (χ1v) is 8.89. The molecule has 0 aliphatic heterocycles. The number of nitrogens with one attached hydrogen (secondary N) is 1. The largest absolute Gasteiger partial charge is 0.494 e. The van der Waals surface area contributed by atoms with Gasteiger partial charge >= 0.3 is 0 Å². The second-order valence-corrected chi connectivity index (χ2v) is 6.11. The maximum Gasteiger partial charge on any atom is 0.255 e. The lowest BCUT2D eigenvalue weighted by molar-refractivity contribution is 0.102. The van der Waals surface area contributed by atoms with E-state index in [1.807, 2.05) is 0 Å². The van der Waals surface area contributed by atoms with Gasteiger partial charge in [-0.15, -0.1) is 10.2 Å². The van der Waals surface area contributed by atoms with Gasteiger partial charge in [-0.25, -0.2) is 9.07 Å². The Bertz CT molecular complexity index is 1150. The molecule has 1 N–H and O–H groups in total. The lowest BCUT2D eigenvalue weighted by Gasteiger charge is -2.09. The van der Waals surface area contributed by atoms with E-state index in [1.165, 1.54) is 19.2 Å². The van der Waals surface area contributed by atoms with Gasteiger partial charge in [0.1, 0.15) is 5.75 Å². The monoisotopic (exact) mass is 405 g/mol. The summed E-state index contributed by atoms with van der Waals surface area (Å²) in [6.45, 7) is 0. The number of amides is 1. The van der Waals surface area contributed by atoms with Crippen molar-refractivity contribution in [3.63, 3.8) is 0 Å². The van der Waals surface area contributed by atoms with Gasteiger partial charge in [0, 0.05) is 29.7 Å². The summed E-state index contributed by atoms with van der Waals surface area (Å²) in [5.41, 5.74) is 0.713. The number of ether oxygens (including phenoxy) is 2. The van der Waals surface area contributed by atoms with Crippen LogP contribution >= 0.6 is 0 Å². The fourth-order valence-corrected chi connectivity index (χ4v) is 2.63. The Hall–Kier alpha value is -4.27. The van der Waals surface area contributed by atoms with Crippen LogP contribution in [0.2, 0.25) is 0 Å². The Morgan fingerprint density at radius 1 is 1.07 bits per heavy atom. The highest BCUT2D eigenvalue weighted by Gasteiger charge is 2.11. The number of hydrogen-bond acceptors (Lipinski definition) is 6. The highest BCUT2D eigenvalue weighted by molar-refractivity contribution is 6.04. The number of rotatable bonds is 6. The van der Waals surface area contributed by atoms with Crippen molar-refractivity contribution in [2.45, 2.75) is 0 Å². The molecule has 2 heterocycles. The molecule has 1 amide bonds. The number of hydrogen-bond donors (Lipinski definition) is 1. The fourth-order valence-electron chi connectivity index (χ4n) is 2.63. The molecule has 0 atom stereocenters. The second-order valence-electron chi connectivity index (χ2n) is 6.11. The minimum Gasteiger partial charge on any atom is -0.494 e. The van der Waals surface area contributed by atoms with Crippen LogP contribution in [0.1, 0.15) is 10.4 Å². The van der Waals surface area contributed by atoms with Crippen LogP contribution in [0.4, 0.5) is 10.1 Å². The molecule has 0 radical (unpaired) electrons. The van der Waals surface area contributed by atoms with Gasteiger partial charge in [-0.1, -0.05) is 0 Å². The maximum atomic E-state index is 13.8. The third kappa shape index (κ3) is 4.25. The van der Waals surface area contributed by atoms with E-state index in [9.17, 15) is 9.18 Å². The molecule has 9 heteroatoms. The van der Waals surface area contributed by atoms with Gasteiger partial charge in [-0.05, 0) is 54.6 Å². The highest BCUT2D eigenvalue weighted by atomic mass is 19.1. The Balaban J connectivity index is 1.39. The molecule has 0 unspecified atom stereocenters. The average Bonchev–Trinajstić information content (AvgIpc) is 3.30. The SMILES string of the molecule is COc1ccc(C(=O)Nc2ccc(Oc3ccc(-n4cccn4)nn3)cc2)cc1F. The van der Waals surface area contributed by atoms with Crippen molar-refractivity contribution in [3.05, 3.63) is 84.4 Å². The summed E-state index contributed by atoms with van der Waals surface area (Å²) in [5, 5.41) is 14.8. The average molecular weight is 405 g/mol. The minimum absolute atomic E-state index is 0.0776. The van der Waals surface area contributed by atoms with Crippen LogP contribution in [0.5, 0.6) is 17.4 Å². The normalized spacial score (nSPS) is 10.5. The molecular weight excluding hydrogens is 389 g/mol. The predicted molar refractivity (Wildman–Crippen MR) is 107 cm³/mol.